The summed E-state index contributed by atoms with van der Waals surface area (Å²) in [6.45, 7) is 4.68. The van der Waals surface area contributed by atoms with Crippen molar-refractivity contribution in [3.8, 4) is 17.2 Å². The molecule has 1 unspecified atom stereocenters. The van der Waals surface area contributed by atoms with Crippen LogP contribution in [0.3, 0.4) is 0 Å². The Morgan fingerprint density at radius 3 is 2.51 bits per heavy atom. The third-order valence-electron chi connectivity index (χ3n) is 6.14. The maximum absolute atomic E-state index is 13.9. The number of para-hydroxylation sites is 1. The van der Waals surface area contributed by atoms with Crippen LogP contribution in [0.1, 0.15) is 37.4 Å². The van der Waals surface area contributed by atoms with Gasteiger partial charge in [-0.1, -0.05) is 42.5 Å². The molecule has 0 spiro atoms. The van der Waals surface area contributed by atoms with Gasteiger partial charge in [0.2, 0.25) is 0 Å². The Hall–Kier alpha value is -3.89. The van der Waals surface area contributed by atoms with Gasteiger partial charge in [0, 0.05) is 12.7 Å². The van der Waals surface area contributed by atoms with E-state index in [1.807, 2.05) is 43.3 Å². The Bertz CT molecular complexity index is 1550. The number of methoxy groups -OCH3 is 3. The number of benzene rings is 2. The third kappa shape index (κ3) is 5.91. The van der Waals surface area contributed by atoms with Crippen LogP contribution in [0.15, 0.2) is 63.5 Å². The van der Waals surface area contributed by atoms with Crippen molar-refractivity contribution in [2.24, 2.45) is 4.99 Å². The highest BCUT2D eigenvalue weighted by atomic mass is 32.1. The first-order valence-electron chi connectivity index (χ1n) is 12.6. The number of hydrogen-bond donors (Lipinski definition) is 0. The van der Waals surface area contributed by atoms with Crippen LogP contribution in [-0.2, 0) is 14.3 Å². The molecule has 39 heavy (non-hydrogen) atoms. The van der Waals surface area contributed by atoms with Crippen LogP contribution in [0, 0.1) is 0 Å². The Morgan fingerprint density at radius 2 is 1.79 bits per heavy atom. The zero-order valence-electron chi connectivity index (χ0n) is 22.7. The minimum absolute atomic E-state index is 0.0784. The third-order valence-corrected chi connectivity index (χ3v) is 7.13. The largest absolute Gasteiger partial charge is 0.496 e. The monoisotopic (exact) mass is 552 g/mol. The van der Waals surface area contributed by atoms with Gasteiger partial charge in [-0.3, -0.25) is 9.36 Å². The van der Waals surface area contributed by atoms with Gasteiger partial charge in [0.25, 0.3) is 5.56 Å². The van der Waals surface area contributed by atoms with E-state index in [1.165, 1.54) is 23.0 Å². The highest BCUT2D eigenvalue weighted by Crippen LogP contribution is 2.35. The summed E-state index contributed by atoms with van der Waals surface area (Å²) >= 11 is 1.25. The second-order valence-corrected chi connectivity index (χ2v) is 9.72. The van der Waals surface area contributed by atoms with Crippen LogP contribution in [0.2, 0.25) is 0 Å². The SMILES string of the molecule is CCCOc1ccc(C=c2sc3n(c2=O)C(c2ccccc2OC)C(C(=O)OCCOC)=C(C)N=3)cc1OC. The molecule has 3 aromatic rings. The van der Waals surface area contributed by atoms with E-state index >= 15 is 0 Å². The molecule has 0 bridgehead atoms. The predicted molar refractivity (Wildman–Crippen MR) is 148 cm³/mol. The average Bonchev–Trinajstić information content (AvgIpc) is 3.25. The number of nitrogens with zero attached hydrogens (tertiary/aromatic N) is 2. The highest BCUT2D eigenvalue weighted by molar-refractivity contribution is 7.07. The molecule has 0 radical (unpaired) electrons. The fourth-order valence-corrected chi connectivity index (χ4v) is 5.37. The molecule has 0 saturated carbocycles. The molecule has 1 atom stereocenters. The molecule has 0 saturated heterocycles. The summed E-state index contributed by atoms with van der Waals surface area (Å²) in [5.41, 5.74) is 1.88. The van der Waals surface area contributed by atoms with Crippen molar-refractivity contribution >= 4 is 23.4 Å². The normalized spacial score (nSPS) is 15.0. The van der Waals surface area contributed by atoms with Crippen LogP contribution < -0.4 is 29.1 Å². The van der Waals surface area contributed by atoms with Crippen LogP contribution in [-0.4, -0.2) is 51.7 Å². The molecule has 1 aromatic heterocycles. The van der Waals surface area contributed by atoms with Crippen LogP contribution in [0.4, 0.5) is 0 Å². The molecule has 4 rings (SSSR count). The number of carbonyl (C=O) groups excluding carboxylic acids is 1. The smallest absolute Gasteiger partial charge is 0.338 e. The highest BCUT2D eigenvalue weighted by Gasteiger charge is 2.35. The van der Waals surface area contributed by atoms with Gasteiger partial charge in [0.15, 0.2) is 16.3 Å². The first kappa shape index (κ1) is 28.1. The van der Waals surface area contributed by atoms with E-state index in [-0.39, 0.29) is 24.3 Å². The molecule has 10 heteroatoms. The molecule has 0 aliphatic carbocycles. The van der Waals surface area contributed by atoms with E-state index in [9.17, 15) is 9.59 Å². The number of thiazole rings is 1. The number of esters is 1. The number of aromatic nitrogens is 1. The van der Waals surface area contributed by atoms with Gasteiger partial charge in [-0.2, -0.15) is 0 Å². The van der Waals surface area contributed by atoms with Crippen molar-refractivity contribution in [3.05, 3.63) is 84.5 Å². The second kappa shape index (κ2) is 12.8. The number of rotatable bonds is 11. The van der Waals surface area contributed by atoms with Gasteiger partial charge in [0.05, 0.1) is 43.2 Å². The van der Waals surface area contributed by atoms with E-state index in [0.29, 0.717) is 44.4 Å². The summed E-state index contributed by atoms with van der Waals surface area (Å²) in [4.78, 5) is 32.3. The Balaban J connectivity index is 1.86. The van der Waals surface area contributed by atoms with Crippen molar-refractivity contribution < 1.29 is 28.5 Å². The van der Waals surface area contributed by atoms with E-state index in [2.05, 4.69) is 4.99 Å². The lowest BCUT2D eigenvalue weighted by molar-refractivity contribution is -0.140. The summed E-state index contributed by atoms with van der Waals surface area (Å²) in [5.74, 6) is 1.20. The summed E-state index contributed by atoms with van der Waals surface area (Å²) < 4.78 is 29.4. The average molecular weight is 553 g/mol. The maximum Gasteiger partial charge on any atom is 0.338 e. The van der Waals surface area contributed by atoms with E-state index in [0.717, 1.165) is 12.0 Å². The van der Waals surface area contributed by atoms with Crippen LogP contribution in [0.25, 0.3) is 6.08 Å². The topological polar surface area (TPSA) is 97.6 Å². The van der Waals surface area contributed by atoms with Crippen LogP contribution >= 0.6 is 11.3 Å². The minimum Gasteiger partial charge on any atom is -0.496 e. The number of hydrogen-bond acceptors (Lipinski definition) is 9. The molecule has 206 valence electrons. The summed E-state index contributed by atoms with van der Waals surface area (Å²) in [7, 11) is 4.66. The van der Waals surface area contributed by atoms with Gasteiger partial charge in [-0.25, -0.2) is 9.79 Å². The number of fused-ring (bicyclic) bond motifs is 1. The fraction of sp³-hybridized carbons (Fsp3) is 0.345. The van der Waals surface area contributed by atoms with Crippen molar-refractivity contribution in [1.82, 2.24) is 4.57 Å². The van der Waals surface area contributed by atoms with Crippen molar-refractivity contribution in [1.29, 1.82) is 0 Å². The Labute approximate surface area is 230 Å². The van der Waals surface area contributed by atoms with Crippen molar-refractivity contribution in [3.63, 3.8) is 0 Å². The lowest BCUT2D eigenvalue weighted by Gasteiger charge is -2.26. The molecular weight excluding hydrogens is 520 g/mol. The van der Waals surface area contributed by atoms with E-state index in [4.69, 9.17) is 23.7 Å². The molecule has 1 aliphatic heterocycles. The van der Waals surface area contributed by atoms with Crippen molar-refractivity contribution in [2.45, 2.75) is 26.3 Å². The number of ether oxygens (including phenoxy) is 5. The van der Waals surface area contributed by atoms with Gasteiger partial charge in [0.1, 0.15) is 18.4 Å². The number of allylic oxidation sites excluding steroid dienone is 1. The van der Waals surface area contributed by atoms with Gasteiger partial charge in [-0.15, -0.1) is 0 Å². The maximum atomic E-state index is 13.9. The minimum atomic E-state index is -0.783. The van der Waals surface area contributed by atoms with Crippen LogP contribution in [0.5, 0.6) is 17.2 Å². The first-order valence-corrected chi connectivity index (χ1v) is 13.4. The Morgan fingerprint density at radius 1 is 1.03 bits per heavy atom. The zero-order valence-corrected chi connectivity index (χ0v) is 23.5. The zero-order chi connectivity index (χ0) is 27.9. The molecule has 0 fully saturated rings. The van der Waals surface area contributed by atoms with Gasteiger partial charge in [-0.05, 0) is 43.2 Å². The van der Waals surface area contributed by atoms with Gasteiger partial charge >= 0.3 is 5.97 Å². The molecule has 2 aromatic carbocycles. The van der Waals surface area contributed by atoms with Gasteiger partial charge < -0.3 is 23.7 Å². The molecule has 0 N–H and O–H groups in total. The summed E-state index contributed by atoms with van der Waals surface area (Å²) in [6, 6.07) is 12.0. The first-order chi connectivity index (χ1) is 18.9. The molecular formula is C29H32N2O7S. The summed E-state index contributed by atoms with van der Waals surface area (Å²) in [5, 5.41) is 0. The van der Waals surface area contributed by atoms with Crippen molar-refractivity contribution in [2.75, 3.05) is 41.2 Å². The summed E-state index contributed by atoms with van der Waals surface area (Å²) in [6.07, 6.45) is 2.66. The predicted octanol–water partition coefficient (Wildman–Crippen LogP) is 3.23. The quantitative estimate of drug-likeness (QED) is 0.266. The molecule has 9 nitrogen and oxygen atoms in total. The Kier molecular flexibility index (Phi) is 9.21. The lowest BCUT2D eigenvalue weighted by Crippen LogP contribution is -2.40. The fourth-order valence-electron chi connectivity index (χ4n) is 4.32. The molecule has 0 amide bonds. The molecule has 1 aliphatic rings. The standard InChI is InChI=1S/C29H32N2O7S/c1-6-13-37-22-12-11-19(16-23(22)36-5)17-24-27(32)31-26(20-9-7-8-10-21(20)35-4)25(18(2)30-29(31)39-24)28(33)38-15-14-34-3/h7-12,16-17,26H,6,13-15H2,1-5H3. The van der Waals surface area contributed by atoms with E-state index in [1.54, 1.807) is 33.3 Å². The number of carbonyl (C=O) groups is 1. The molecule has 2 heterocycles. The van der Waals surface area contributed by atoms with E-state index < -0.39 is 12.0 Å². The second-order valence-electron chi connectivity index (χ2n) is 8.71. The lowest BCUT2D eigenvalue weighted by atomic mass is 9.95.